The third-order valence-corrected chi connectivity index (χ3v) is 4.02. The summed E-state index contributed by atoms with van der Waals surface area (Å²) in [6.45, 7) is 3.30. The number of hydrogen-bond donors (Lipinski definition) is 2. The predicted octanol–water partition coefficient (Wildman–Crippen LogP) is 3.17. The maximum absolute atomic E-state index is 12.7. The molecule has 2 aromatic carbocycles. The lowest BCUT2D eigenvalue weighted by Gasteiger charge is -2.22. The number of urea groups is 1. The standard InChI is InChI=1S/C18H20ClN3O2/c1-2-22(12-15-5-3-4-6-16(15)19)17(23)14-9-7-13(8-10-14)11-21-18(20)24/h3-10H,2,11-12H2,1H3,(H3,20,21,24). The van der Waals surface area contributed by atoms with Gasteiger partial charge >= 0.3 is 6.03 Å². The summed E-state index contributed by atoms with van der Waals surface area (Å²) in [5, 5.41) is 3.16. The van der Waals surface area contributed by atoms with E-state index in [2.05, 4.69) is 5.32 Å². The molecule has 0 saturated carbocycles. The zero-order chi connectivity index (χ0) is 17.5. The number of carbonyl (C=O) groups excluding carboxylic acids is 2. The largest absolute Gasteiger partial charge is 0.352 e. The van der Waals surface area contributed by atoms with E-state index in [1.807, 2.05) is 31.2 Å². The van der Waals surface area contributed by atoms with Crippen LogP contribution in [0.5, 0.6) is 0 Å². The van der Waals surface area contributed by atoms with E-state index in [4.69, 9.17) is 17.3 Å². The van der Waals surface area contributed by atoms with Crippen molar-refractivity contribution in [1.29, 1.82) is 0 Å². The summed E-state index contributed by atoms with van der Waals surface area (Å²) >= 11 is 6.17. The molecule has 3 N–H and O–H groups in total. The van der Waals surface area contributed by atoms with E-state index in [0.29, 0.717) is 30.2 Å². The first-order valence-electron chi connectivity index (χ1n) is 7.66. The van der Waals surface area contributed by atoms with Gasteiger partial charge in [-0.2, -0.15) is 0 Å². The zero-order valence-electron chi connectivity index (χ0n) is 13.5. The van der Waals surface area contributed by atoms with Crippen LogP contribution in [0.2, 0.25) is 5.02 Å². The molecule has 0 saturated heterocycles. The Morgan fingerprint density at radius 2 is 1.79 bits per heavy atom. The Hall–Kier alpha value is -2.53. The molecular formula is C18H20ClN3O2. The minimum absolute atomic E-state index is 0.0631. The van der Waals surface area contributed by atoms with E-state index in [9.17, 15) is 9.59 Å². The molecule has 0 heterocycles. The van der Waals surface area contributed by atoms with E-state index in [1.165, 1.54) is 0 Å². The highest BCUT2D eigenvalue weighted by Gasteiger charge is 2.15. The smallest absolute Gasteiger partial charge is 0.312 e. The molecule has 3 amide bonds. The summed E-state index contributed by atoms with van der Waals surface area (Å²) in [5.74, 6) is -0.0631. The third-order valence-electron chi connectivity index (χ3n) is 3.66. The van der Waals surface area contributed by atoms with Crippen molar-refractivity contribution < 1.29 is 9.59 Å². The summed E-state index contributed by atoms with van der Waals surface area (Å²) < 4.78 is 0. The molecule has 0 unspecified atom stereocenters. The van der Waals surface area contributed by atoms with Gasteiger partial charge in [0, 0.05) is 30.2 Å². The second kappa shape index (κ2) is 8.36. The van der Waals surface area contributed by atoms with E-state index in [0.717, 1.165) is 11.1 Å². The fourth-order valence-corrected chi connectivity index (χ4v) is 2.49. The van der Waals surface area contributed by atoms with Crippen molar-refractivity contribution in [2.24, 2.45) is 5.73 Å². The highest BCUT2D eigenvalue weighted by Crippen LogP contribution is 2.18. The number of halogens is 1. The van der Waals surface area contributed by atoms with Crippen molar-refractivity contribution in [2.45, 2.75) is 20.0 Å². The van der Waals surface area contributed by atoms with Crippen molar-refractivity contribution in [3.8, 4) is 0 Å². The summed E-state index contributed by atoms with van der Waals surface area (Å²) in [7, 11) is 0. The molecule has 0 spiro atoms. The van der Waals surface area contributed by atoms with Crippen LogP contribution in [-0.2, 0) is 13.1 Å². The maximum Gasteiger partial charge on any atom is 0.312 e. The minimum Gasteiger partial charge on any atom is -0.352 e. The molecule has 0 aliphatic rings. The average Bonchev–Trinajstić information content (AvgIpc) is 2.59. The van der Waals surface area contributed by atoms with Gasteiger partial charge in [0.1, 0.15) is 0 Å². The number of nitrogens with zero attached hydrogens (tertiary/aromatic N) is 1. The predicted molar refractivity (Wildman–Crippen MR) is 94.7 cm³/mol. The lowest BCUT2D eigenvalue weighted by atomic mass is 10.1. The van der Waals surface area contributed by atoms with Crippen molar-refractivity contribution in [2.75, 3.05) is 6.54 Å². The molecule has 24 heavy (non-hydrogen) atoms. The molecule has 0 radical (unpaired) electrons. The molecule has 2 rings (SSSR count). The number of hydrogen-bond acceptors (Lipinski definition) is 2. The first kappa shape index (κ1) is 17.8. The van der Waals surface area contributed by atoms with Gasteiger partial charge in [-0.3, -0.25) is 4.79 Å². The highest BCUT2D eigenvalue weighted by molar-refractivity contribution is 6.31. The van der Waals surface area contributed by atoms with Gasteiger partial charge < -0.3 is 16.0 Å². The Bertz CT molecular complexity index is 716. The van der Waals surface area contributed by atoms with Crippen LogP contribution in [0.4, 0.5) is 4.79 Å². The normalized spacial score (nSPS) is 10.2. The van der Waals surface area contributed by atoms with Gasteiger partial charge in [-0.25, -0.2) is 4.79 Å². The lowest BCUT2D eigenvalue weighted by molar-refractivity contribution is 0.0752. The Morgan fingerprint density at radius 3 is 2.38 bits per heavy atom. The molecular weight excluding hydrogens is 326 g/mol. The third kappa shape index (κ3) is 4.73. The van der Waals surface area contributed by atoms with Crippen LogP contribution in [-0.4, -0.2) is 23.4 Å². The topological polar surface area (TPSA) is 75.4 Å². The van der Waals surface area contributed by atoms with Crippen molar-refractivity contribution in [3.63, 3.8) is 0 Å². The Balaban J connectivity index is 2.08. The van der Waals surface area contributed by atoms with Crippen molar-refractivity contribution >= 4 is 23.5 Å². The summed E-state index contributed by atoms with van der Waals surface area (Å²) in [4.78, 5) is 25.1. The molecule has 2 aromatic rings. The number of nitrogens with two attached hydrogens (primary N) is 1. The van der Waals surface area contributed by atoms with E-state index < -0.39 is 6.03 Å². The highest BCUT2D eigenvalue weighted by atomic mass is 35.5. The van der Waals surface area contributed by atoms with Crippen LogP contribution >= 0.6 is 11.6 Å². The fraction of sp³-hybridized carbons (Fsp3) is 0.222. The average molecular weight is 346 g/mol. The summed E-state index contributed by atoms with van der Waals surface area (Å²) in [5.41, 5.74) is 7.42. The number of benzene rings is 2. The van der Waals surface area contributed by atoms with Gasteiger partial charge in [0.2, 0.25) is 0 Å². The quantitative estimate of drug-likeness (QED) is 0.843. The molecule has 5 nitrogen and oxygen atoms in total. The molecule has 126 valence electrons. The second-order valence-electron chi connectivity index (χ2n) is 5.33. The maximum atomic E-state index is 12.7. The minimum atomic E-state index is -0.577. The second-order valence-corrected chi connectivity index (χ2v) is 5.73. The van der Waals surface area contributed by atoms with Crippen LogP contribution in [0, 0.1) is 0 Å². The first-order valence-corrected chi connectivity index (χ1v) is 8.04. The van der Waals surface area contributed by atoms with Gasteiger partial charge in [-0.05, 0) is 36.2 Å². The number of amides is 3. The zero-order valence-corrected chi connectivity index (χ0v) is 14.2. The number of rotatable bonds is 6. The number of nitrogens with one attached hydrogen (secondary N) is 1. The molecule has 0 aromatic heterocycles. The first-order chi connectivity index (χ1) is 11.5. The van der Waals surface area contributed by atoms with E-state index in [1.54, 1.807) is 29.2 Å². The van der Waals surface area contributed by atoms with Crippen LogP contribution in [0.25, 0.3) is 0 Å². The van der Waals surface area contributed by atoms with E-state index in [-0.39, 0.29) is 5.91 Å². The molecule has 0 aliphatic carbocycles. The monoisotopic (exact) mass is 345 g/mol. The van der Waals surface area contributed by atoms with Gasteiger partial charge in [-0.15, -0.1) is 0 Å². The fourth-order valence-electron chi connectivity index (χ4n) is 2.30. The van der Waals surface area contributed by atoms with Crippen molar-refractivity contribution in [1.82, 2.24) is 10.2 Å². The van der Waals surface area contributed by atoms with Crippen LogP contribution in [0.15, 0.2) is 48.5 Å². The molecule has 6 heteroatoms. The van der Waals surface area contributed by atoms with Crippen LogP contribution < -0.4 is 11.1 Å². The Morgan fingerprint density at radius 1 is 1.12 bits per heavy atom. The van der Waals surface area contributed by atoms with Crippen LogP contribution in [0.1, 0.15) is 28.4 Å². The molecule has 0 bridgehead atoms. The summed E-state index contributed by atoms with van der Waals surface area (Å²) in [6.07, 6.45) is 0. The lowest BCUT2D eigenvalue weighted by Crippen LogP contribution is -2.30. The SMILES string of the molecule is CCN(Cc1ccccc1Cl)C(=O)c1ccc(CNC(N)=O)cc1. The van der Waals surface area contributed by atoms with Gasteiger partial charge in [0.05, 0.1) is 0 Å². The Kier molecular flexibility index (Phi) is 6.21. The van der Waals surface area contributed by atoms with Gasteiger partial charge in [0.25, 0.3) is 5.91 Å². The molecule has 0 aliphatic heterocycles. The van der Waals surface area contributed by atoms with Crippen LogP contribution in [0.3, 0.4) is 0 Å². The van der Waals surface area contributed by atoms with Gasteiger partial charge in [0.15, 0.2) is 0 Å². The molecule has 0 atom stereocenters. The molecule has 0 fully saturated rings. The Labute approximate surface area is 146 Å². The van der Waals surface area contributed by atoms with Crippen molar-refractivity contribution in [3.05, 3.63) is 70.2 Å². The number of primary amides is 1. The van der Waals surface area contributed by atoms with Gasteiger partial charge in [-0.1, -0.05) is 41.9 Å². The van der Waals surface area contributed by atoms with E-state index >= 15 is 0 Å². The summed E-state index contributed by atoms with van der Waals surface area (Å²) in [6, 6.07) is 14.0. The number of carbonyl (C=O) groups is 2.